The molecule has 2 amide bonds. The molecule has 240 valence electrons. The van der Waals surface area contributed by atoms with Crippen LogP contribution in [-0.2, 0) is 20.7 Å². The van der Waals surface area contributed by atoms with Crippen LogP contribution in [0.5, 0.6) is 0 Å². The van der Waals surface area contributed by atoms with Gasteiger partial charge in [0.2, 0.25) is 5.91 Å². The zero-order valence-electron chi connectivity index (χ0n) is 25.2. The second-order valence-corrected chi connectivity index (χ2v) is 10.8. The summed E-state index contributed by atoms with van der Waals surface area (Å²) >= 11 is 12.9. The SMILES string of the molecule is CCOC(=O)c1cn(-c2ccc(Cl)cc2C=CC(=O)N[C@@H](Cc2ccccc2)c2nc(-c3ccc(NC(=O)OC)cc3)c(Cl)[nH]2)nn1. The van der Waals surface area contributed by atoms with Crippen LogP contribution < -0.4 is 10.6 Å². The molecule has 3 aromatic carbocycles. The van der Waals surface area contributed by atoms with Crippen molar-refractivity contribution >= 4 is 52.9 Å². The van der Waals surface area contributed by atoms with Gasteiger partial charge in [-0.25, -0.2) is 19.3 Å². The van der Waals surface area contributed by atoms with Gasteiger partial charge in [0.05, 0.1) is 31.6 Å². The van der Waals surface area contributed by atoms with Gasteiger partial charge in [0.1, 0.15) is 16.7 Å². The molecular weight excluding hydrogens is 645 g/mol. The van der Waals surface area contributed by atoms with E-state index in [0.29, 0.717) is 45.5 Å². The summed E-state index contributed by atoms with van der Waals surface area (Å²) in [5.41, 5.74) is 3.83. The molecule has 0 fully saturated rings. The van der Waals surface area contributed by atoms with Crippen molar-refractivity contribution in [2.24, 2.45) is 0 Å². The van der Waals surface area contributed by atoms with Crippen LogP contribution in [0, 0.1) is 0 Å². The Labute approximate surface area is 279 Å². The summed E-state index contributed by atoms with van der Waals surface area (Å²) in [5, 5.41) is 14.3. The average Bonchev–Trinajstić information content (AvgIpc) is 3.72. The largest absolute Gasteiger partial charge is 0.461 e. The maximum atomic E-state index is 13.4. The first-order chi connectivity index (χ1) is 22.7. The Morgan fingerprint density at radius 2 is 1.81 bits per heavy atom. The number of amides is 2. The van der Waals surface area contributed by atoms with Gasteiger partial charge < -0.3 is 19.8 Å². The fourth-order valence-corrected chi connectivity index (χ4v) is 5.03. The standard InChI is InChI=1S/C33H29Cl2N7O5/c1-3-47-32(44)26-19-42(41-40-26)27-15-12-23(34)18-22(27)11-16-28(43)37-25(17-20-7-5-4-6-8-20)31-38-29(30(35)39-31)21-9-13-24(14-10-21)36-33(45)46-2/h4-16,18-19,25H,3,17H2,1-2H3,(H,36,45)(H,37,43)(H,38,39)/t25-/m0/s1. The molecule has 0 spiro atoms. The van der Waals surface area contributed by atoms with E-state index >= 15 is 0 Å². The number of ether oxygens (including phenoxy) is 2. The van der Waals surface area contributed by atoms with Gasteiger partial charge in [-0.2, -0.15) is 0 Å². The van der Waals surface area contributed by atoms with Crippen LogP contribution in [0.3, 0.4) is 0 Å². The van der Waals surface area contributed by atoms with E-state index in [2.05, 4.69) is 30.7 Å². The Hall–Kier alpha value is -5.46. The summed E-state index contributed by atoms with van der Waals surface area (Å²) in [7, 11) is 1.28. The number of halogens is 2. The minimum Gasteiger partial charge on any atom is -0.461 e. The molecule has 14 heteroatoms. The van der Waals surface area contributed by atoms with E-state index in [9.17, 15) is 14.4 Å². The first-order valence-electron chi connectivity index (χ1n) is 14.4. The molecule has 5 rings (SSSR count). The summed E-state index contributed by atoms with van der Waals surface area (Å²) in [6.45, 7) is 1.90. The van der Waals surface area contributed by atoms with Crippen LogP contribution in [0.4, 0.5) is 10.5 Å². The lowest BCUT2D eigenvalue weighted by molar-refractivity contribution is -0.117. The number of carbonyl (C=O) groups is 3. The number of methoxy groups -OCH3 is 1. The fourth-order valence-electron chi connectivity index (χ4n) is 4.60. The summed E-state index contributed by atoms with van der Waals surface area (Å²) in [6, 6.07) is 21.0. The summed E-state index contributed by atoms with van der Waals surface area (Å²) in [4.78, 5) is 44.8. The lowest BCUT2D eigenvalue weighted by Crippen LogP contribution is -2.29. The number of esters is 1. The smallest absolute Gasteiger partial charge is 0.411 e. The minimum absolute atomic E-state index is 0.0449. The molecule has 0 aliphatic heterocycles. The van der Waals surface area contributed by atoms with Crippen molar-refractivity contribution in [1.82, 2.24) is 30.3 Å². The van der Waals surface area contributed by atoms with Crippen molar-refractivity contribution in [1.29, 1.82) is 0 Å². The van der Waals surface area contributed by atoms with Crippen LogP contribution >= 0.6 is 23.2 Å². The van der Waals surface area contributed by atoms with E-state index in [4.69, 9.17) is 32.9 Å². The molecule has 2 heterocycles. The van der Waals surface area contributed by atoms with E-state index in [-0.39, 0.29) is 17.5 Å². The Kier molecular flexibility index (Phi) is 10.7. The molecule has 1 atom stereocenters. The van der Waals surface area contributed by atoms with Gasteiger partial charge in [0.15, 0.2) is 5.69 Å². The van der Waals surface area contributed by atoms with Crippen LogP contribution in [0.25, 0.3) is 23.0 Å². The van der Waals surface area contributed by atoms with Crippen molar-refractivity contribution in [3.05, 3.63) is 118 Å². The van der Waals surface area contributed by atoms with E-state index in [1.807, 2.05) is 30.3 Å². The topological polar surface area (TPSA) is 153 Å². The number of nitrogens with one attached hydrogen (secondary N) is 3. The molecule has 5 aromatic rings. The number of rotatable bonds is 11. The Morgan fingerprint density at radius 3 is 2.53 bits per heavy atom. The number of imidazole rings is 1. The monoisotopic (exact) mass is 673 g/mol. The van der Waals surface area contributed by atoms with Crippen molar-refractivity contribution in [2.45, 2.75) is 19.4 Å². The van der Waals surface area contributed by atoms with Crippen molar-refractivity contribution in [3.63, 3.8) is 0 Å². The predicted octanol–water partition coefficient (Wildman–Crippen LogP) is 6.43. The number of carbonyl (C=O) groups excluding carboxylic acids is 3. The number of hydrogen-bond acceptors (Lipinski definition) is 8. The fraction of sp³-hybridized carbons (Fsp3) is 0.152. The normalized spacial score (nSPS) is 11.7. The average molecular weight is 675 g/mol. The van der Waals surface area contributed by atoms with Gasteiger partial charge in [0, 0.05) is 27.9 Å². The zero-order chi connectivity index (χ0) is 33.3. The van der Waals surface area contributed by atoms with Crippen molar-refractivity contribution < 1.29 is 23.9 Å². The van der Waals surface area contributed by atoms with E-state index in [1.54, 1.807) is 55.5 Å². The molecule has 0 radical (unpaired) electrons. The molecule has 47 heavy (non-hydrogen) atoms. The second-order valence-electron chi connectivity index (χ2n) is 10.0. The van der Waals surface area contributed by atoms with Gasteiger partial charge in [-0.1, -0.05) is 70.9 Å². The second kappa shape index (κ2) is 15.2. The van der Waals surface area contributed by atoms with Gasteiger partial charge >= 0.3 is 12.1 Å². The number of aromatic nitrogens is 5. The zero-order valence-corrected chi connectivity index (χ0v) is 26.7. The van der Waals surface area contributed by atoms with Crippen LogP contribution in [-0.4, -0.2) is 56.6 Å². The number of nitrogens with zero attached hydrogens (tertiary/aromatic N) is 4. The van der Waals surface area contributed by atoms with E-state index in [1.165, 1.54) is 24.1 Å². The van der Waals surface area contributed by atoms with Crippen LogP contribution in [0.1, 0.15) is 40.4 Å². The first kappa shape index (κ1) is 32.9. The maximum Gasteiger partial charge on any atom is 0.411 e. The van der Waals surface area contributed by atoms with Crippen LogP contribution in [0.2, 0.25) is 10.2 Å². The summed E-state index contributed by atoms with van der Waals surface area (Å²) < 4.78 is 11.0. The minimum atomic E-state index is -0.595. The third-order valence-corrected chi connectivity index (χ3v) is 7.33. The predicted molar refractivity (Wildman–Crippen MR) is 177 cm³/mol. The summed E-state index contributed by atoms with van der Waals surface area (Å²) in [5.74, 6) is -0.553. The maximum absolute atomic E-state index is 13.4. The highest BCUT2D eigenvalue weighted by Gasteiger charge is 2.21. The van der Waals surface area contributed by atoms with Crippen molar-refractivity contribution in [2.75, 3.05) is 19.0 Å². The van der Waals surface area contributed by atoms with Gasteiger partial charge in [0.25, 0.3) is 0 Å². The number of benzene rings is 3. The van der Waals surface area contributed by atoms with Crippen molar-refractivity contribution in [3.8, 4) is 16.9 Å². The molecule has 2 aromatic heterocycles. The third kappa shape index (κ3) is 8.43. The molecular formula is C33H29Cl2N7O5. The highest BCUT2D eigenvalue weighted by atomic mass is 35.5. The van der Waals surface area contributed by atoms with Gasteiger partial charge in [-0.15, -0.1) is 5.10 Å². The molecule has 3 N–H and O–H groups in total. The lowest BCUT2D eigenvalue weighted by atomic mass is 10.1. The number of aromatic amines is 1. The Morgan fingerprint density at radius 1 is 1.04 bits per heavy atom. The number of anilines is 1. The quantitative estimate of drug-likeness (QED) is 0.107. The van der Waals surface area contributed by atoms with Gasteiger partial charge in [-0.05, 0) is 55.3 Å². The first-order valence-corrected chi connectivity index (χ1v) is 15.1. The molecule has 0 saturated heterocycles. The molecule has 0 saturated carbocycles. The van der Waals surface area contributed by atoms with E-state index in [0.717, 1.165) is 5.56 Å². The molecule has 0 unspecified atom stereocenters. The summed E-state index contributed by atoms with van der Waals surface area (Å²) in [6.07, 6.45) is 4.24. The number of H-pyrrole nitrogens is 1. The van der Waals surface area contributed by atoms with Crippen LogP contribution in [0.15, 0.2) is 85.1 Å². The Bertz CT molecular complexity index is 1910. The number of hydrogen-bond donors (Lipinski definition) is 3. The molecule has 0 bridgehead atoms. The highest BCUT2D eigenvalue weighted by Crippen LogP contribution is 2.30. The lowest BCUT2D eigenvalue weighted by Gasteiger charge is -2.16. The third-order valence-electron chi connectivity index (χ3n) is 6.83. The van der Waals surface area contributed by atoms with Gasteiger partial charge in [-0.3, -0.25) is 10.1 Å². The Balaban J connectivity index is 1.39. The highest BCUT2D eigenvalue weighted by molar-refractivity contribution is 6.32. The molecule has 0 aliphatic carbocycles. The molecule has 12 nitrogen and oxygen atoms in total. The van der Waals surface area contributed by atoms with E-state index < -0.39 is 24.0 Å². The molecule has 0 aliphatic rings.